The molecule has 1 aliphatic rings. The predicted molar refractivity (Wildman–Crippen MR) is 94.0 cm³/mol. The van der Waals surface area contributed by atoms with E-state index in [9.17, 15) is 4.39 Å². The third-order valence-corrected chi connectivity index (χ3v) is 4.42. The van der Waals surface area contributed by atoms with E-state index in [0.29, 0.717) is 12.4 Å². The molecule has 3 aromatic rings. The van der Waals surface area contributed by atoms with Crippen molar-refractivity contribution in [2.45, 2.75) is 13.5 Å². The van der Waals surface area contributed by atoms with E-state index in [0.717, 1.165) is 49.1 Å². The van der Waals surface area contributed by atoms with Gasteiger partial charge in [0.25, 0.3) is 0 Å². The summed E-state index contributed by atoms with van der Waals surface area (Å²) in [6.45, 7) is 6.01. The van der Waals surface area contributed by atoms with Crippen LogP contribution in [0.25, 0.3) is 11.3 Å². The minimum atomic E-state index is -0.257. The molecule has 0 amide bonds. The highest BCUT2D eigenvalue weighted by Gasteiger charge is 2.20. The number of nitrogens with zero attached hydrogens (tertiary/aromatic N) is 6. The van der Waals surface area contributed by atoms with Crippen LogP contribution in [-0.4, -0.2) is 51.4 Å². The van der Waals surface area contributed by atoms with Crippen molar-refractivity contribution in [3.8, 4) is 11.3 Å². The molecule has 0 N–H and O–H groups in total. The molecule has 0 spiro atoms. The lowest BCUT2D eigenvalue weighted by atomic mass is 10.1. The Morgan fingerprint density at radius 1 is 1.00 bits per heavy atom. The molecule has 134 valence electrons. The van der Waals surface area contributed by atoms with Crippen molar-refractivity contribution >= 4 is 5.82 Å². The molecule has 8 heteroatoms. The van der Waals surface area contributed by atoms with Gasteiger partial charge in [-0.3, -0.25) is 4.90 Å². The van der Waals surface area contributed by atoms with Crippen molar-refractivity contribution in [1.82, 2.24) is 25.2 Å². The van der Waals surface area contributed by atoms with E-state index >= 15 is 0 Å². The molecule has 0 unspecified atom stereocenters. The van der Waals surface area contributed by atoms with Crippen LogP contribution in [0.1, 0.15) is 11.7 Å². The summed E-state index contributed by atoms with van der Waals surface area (Å²) in [4.78, 5) is 8.75. The summed E-state index contributed by atoms with van der Waals surface area (Å²) in [6, 6.07) is 10.1. The van der Waals surface area contributed by atoms with Gasteiger partial charge in [0.1, 0.15) is 5.82 Å². The van der Waals surface area contributed by atoms with E-state index in [2.05, 4.69) is 30.1 Å². The molecule has 7 nitrogen and oxygen atoms in total. The molecule has 2 aromatic heterocycles. The van der Waals surface area contributed by atoms with Crippen LogP contribution in [-0.2, 0) is 6.54 Å². The molecule has 0 atom stereocenters. The molecule has 0 radical (unpaired) electrons. The van der Waals surface area contributed by atoms with Gasteiger partial charge < -0.3 is 9.42 Å². The summed E-state index contributed by atoms with van der Waals surface area (Å²) in [5, 5.41) is 12.6. The summed E-state index contributed by atoms with van der Waals surface area (Å²) >= 11 is 0. The number of piperazine rings is 1. The van der Waals surface area contributed by atoms with Gasteiger partial charge in [0.2, 0.25) is 5.89 Å². The molecule has 1 aliphatic heterocycles. The molecule has 3 heterocycles. The minimum absolute atomic E-state index is 0.257. The highest BCUT2D eigenvalue weighted by Crippen LogP contribution is 2.20. The van der Waals surface area contributed by atoms with Gasteiger partial charge in [-0.25, -0.2) is 4.39 Å². The molecule has 0 bridgehead atoms. The Kier molecular flexibility index (Phi) is 4.57. The second-order valence-electron chi connectivity index (χ2n) is 6.28. The number of hydrogen-bond acceptors (Lipinski definition) is 7. The van der Waals surface area contributed by atoms with Crippen molar-refractivity contribution in [2.75, 3.05) is 31.1 Å². The van der Waals surface area contributed by atoms with Crippen molar-refractivity contribution in [2.24, 2.45) is 0 Å². The minimum Gasteiger partial charge on any atom is -0.353 e. The first-order valence-corrected chi connectivity index (χ1v) is 8.53. The third kappa shape index (κ3) is 3.70. The largest absolute Gasteiger partial charge is 0.353 e. The Morgan fingerprint density at radius 2 is 1.77 bits per heavy atom. The monoisotopic (exact) mass is 354 g/mol. The Labute approximate surface area is 150 Å². The molecule has 0 aliphatic carbocycles. The molecule has 26 heavy (non-hydrogen) atoms. The molecule has 1 saturated heterocycles. The molecule has 1 fully saturated rings. The molecule has 1 aromatic carbocycles. The SMILES string of the molecule is Cc1nc(CN2CCN(c3ccc(-c4ccc(F)cc4)nn3)CC2)no1. The zero-order chi connectivity index (χ0) is 17.9. The fourth-order valence-corrected chi connectivity index (χ4v) is 3.01. The van der Waals surface area contributed by atoms with E-state index < -0.39 is 0 Å². The first-order chi connectivity index (χ1) is 12.7. The zero-order valence-electron chi connectivity index (χ0n) is 14.5. The number of aryl methyl sites for hydroxylation is 1. The van der Waals surface area contributed by atoms with E-state index in [-0.39, 0.29) is 5.82 Å². The van der Waals surface area contributed by atoms with Gasteiger partial charge in [0.15, 0.2) is 11.6 Å². The van der Waals surface area contributed by atoms with Crippen molar-refractivity contribution < 1.29 is 8.91 Å². The molecule has 4 rings (SSSR count). The summed E-state index contributed by atoms with van der Waals surface area (Å²) in [7, 11) is 0. The maximum atomic E-state index is 13.0. The summed E-state index contributed by atoms with van der Waals surface area (Å²) in [5.41, 5.74) is 1.59. The Bertz CT molecular complexity index is 856. The van der Waals surface area contributed by atoms with Crippen LogP contribution < -0.4 is 4.90 Å². The molecular weight excluding hydrogens is 335 g/mol. The number of anilines is 1. The molecule has 0 saturated carbocycles. The van der Waals surface area contributed by atoms with Gasteiger partial charge >= 0.3 is 0 Å². The topological polar surface area (TPSA) is 71.2 Å². The van der Waals surface area contributed by atoms with Gasteiger partial charge in [0.05, 0.1) is 12.2 Å². The number of hydrogen-bond donors (Lipinski definition) is 0. The maximum Gasteiger partial charge on any atom is 0.223 e. The number of rotatable bonds is 4. The highest BCUT2D eigenvalue weighted by atomic mass is 19.1. The Hall–Kier alpha value is -2.87. The van der Waals surface area contributed by atoms with Crippen LogP contribution in [0.5, 0.6) is 0 Å². The van der Waals surface area contributed by atoms with Crippen LogP contribution in [0, 0.1) is 12.7 Å². The van der Waals surface area contributed by atoms with Crippen LogP contribution >= 0.6 is 0 Å². The van der Waals surface area contributed by atoms with Crippen molar-refractivity contribution in [3.63, 3.8) is 0 Å². The average molecular weight is 354 g/mol. The number of aromatic nitrogens is 4. The first-order valence-electron chi connectivity index (χ1n) is 8.53. The highest BCUT2D eigenvalue weighted by molar-refractivity contribution is 5.59. The van der Waals surface area contributed by atoms with Crippen LogP contribution in [0.3, 0.4) is 0 Å². The van der Waals surface area contributed by atoms with E-state index in [1.165, 1.54) is 12.1 Å². The quantitative estimate of drug-likeness (QED) is 0.712. The van der Waals surface area contributed by atoms with Crippen LogP contribution in [0.15, 0.2) is 40.9 Å². The lowest BCUT2D eigenvalue weighted by Gasteiger charge is -2.34. The smallest absolute Gasteiger partial charge is 0.223 e. The van der Waals surface area contributed by atoms with E-state index in [4.69, 9.17) is 4.52 Å². The third-order valence-electron chi connectivity index (χ3n) is 4.42. The van der Waals surface area contributed by atoms with Gasteiger partial charge in [-0.05, 0) is 36.4 Å². The second kappa shape index (κ2) is 7.17. The lowest BCUT2D eigenvalue weighted by Crippen LogP contribution is -2.46. The second-order valence-corrected chi connectivity index (χ2v) is 6.28. The van der Waals surface area contributed by atoms with Gasteiger partial charge in [-0.2, -0.15) is 4.98 Å². The Balaban J connectivity index is 1.36. The van der Waals surface area contributed by atoms with Crippen molar-refractivity contribution in [1.29, 1.82) is 0 Å². The fraction of sp³-hybridized carbons (Fsp3) is 0.333. The van der Waals surface area contributed by atoms with Gasteiger partial charge in [-0.1, -0.05) is 5.16 Å². The normalized spacial score (nSPS) is 15.4. The summed E-state index contributed by atoms with van der Waals surface area (Å²) < 4.78 is 18.0. The predicted octanol–water partition coefficient (Wildman–Crippen LogP) is 2.30. The zero-order valence-corrected chi connectivity index (χ0v) is 14.5. The number of benzene rings is 1. The van der Waals surface area contributed by atoms with E-state index in [1.807, 2.05) is 12.1 Å². The molecular formula is C18H19FN6O. The van der Waals surface area contributed by atoms with Crippen molar-refractivity contribution in [3.05, 3.63) is 53.9 Å². The fourth-order valence-electron chi connectivity index (χ4n) is 3.01. The van der Waals surface area contributed by atoms with Crippen LogP contribution in [0.4, 0.5) is 10.2 Å². The van der Waals surface area contributed by atoms with Crippen LogP contribution in [0.2, 0.25) is 0 Å². The maximum absolute atomic E-state index is 13.0. The number of halogens is 1. The Morgan fingerprint density at radius 3 is 2.38 bits per heavy atom. The van der Waals surface area contributed by atoms with E-state index in [1.54, 1.807) is 19.1 Å². The van der Waals surface area contributed by atoms with Gasteiger partial charge in [0, 0.05) is 38.7 Å². The average Bonchev–Trinajstić information content (AvgIpc) is 3.08. The first kappa shape index (κ1) is 16.6. The lowest BCUT2D eigenvalue weighted by molar-refractivity contribution is 0.239. The standard InChI is InChI=1S/C18H19FN6O/c1-13-20-17(23-26-13)12-24-8-10-25(11-9-24)18-7-6-16(21-22-18)14-2-4-15(19)5-3-14/h2-7H,8-12H2,1H3. The van der Waals surface area contributed by atoms with Gasteiger partial charge in [-0.15, -0.1) is 10.2 Å². The summed E-state index contributed by atoms with van der Waals surface area (Å²) in [5.74, 6) is 1.91. The summed E-state index contributed by atoms with van der Waals surface area (Å²) in [6.07, 6.45) is 0.